The summed E-state index contributed by atoms with van der Waals surface area (Å²) in [5, 5.41) is 10.1. The van der Waals surface area contributed by atoms with Crippen LogP contribution >= 0.6 is 0 Å². The molecule has 1 saturated heterocycles. The van der Waals surface area contributed by atoms with E-state index in [0.717, 1.165) is 0 Å². The van der Waals surface area contributed by atoms with E-state index in [2.05, 4.69) is 4.74 Å². The van der Waals surface area contributed by atoms with Gasteiger partial charge in [0.15, 0.2) is 0 Å². The van der Waals surface area contributed by atoms with Crippen molar-refractivity contribution in [2.24, 2.45) is 7.05 Å². The average Bonchev–Trinajstić information content (AvgIpc) is 2.77. The fourth-order valence-corrected chi connectivity index (χ4v) is 4.04. The van der Waals surface area contributed by atoms with Crippen molar-refractivity contribution in [3.8, 4) is 17.6 Å². The van der Waals surface area contributed by atoms with E-state index in [4.69, 9.17) is 4.74 Å². The molecular weight excluding hydrogens is 442 g/mol. The van der Waals surface area contributed by atoms with Gasteiger partial charge < -0.3 is 18.9 Å². The Labute approximate surface area is 186 Å². The lowest BCUT2D eigenvalue weighted by Gasteiger charge is -2.35. The highest BCUT2D eigenvalue weighted by molar-refractivity contribution is 5.95. The Bertz CT molecular complexity index is 1270. The van der Waals surface area contributed by atoms with Gasteiger partial charge in [0, 0.05) is 38.4 Å². The predicted octanol–water partition coefficient (Wildman–Crippen LogP) is 4.50. The lowest BCUT2D eigenvalue weighted by atomic mass is 10.0. The van der Waals surface area contributed by atoms with Gasteiger partial charge in [-0.2, -0.15) is 5.26 Å². The van der Waals surface area contributed by atoms with Crippen molar-refractivity contribution in [1.82, 2.24) is 4.57 Å². The SMILES string of the molecule is Cn1c(=O)c(C#N)c(N2CCC(Oc3ccc(OC(F)(F)F)cc3)CC2)c2cc(F)ccc21. The van der Waals surface area contributed by atoms with Crippen LogP contribution in [-0.2, 0) is 7.05 Å². The van der Waals surface area contributed by atoms with Crippen LogP contribution in [0.4, 0.5) is 23.2 Å². The molecule has 0 spiro atoms. The molecule has 0 amide bonds. The maximum Gasteiger partial charge on any atom is 0.573 e. The number of halogens is 4. The van der Waals surface area contributed by atoms with Crippen molar-refractivity contribution < 1.29 is 27.0 Å². The Hall–Kier alpha value is -3.74. The second kappa shape index (κ2) is 8.65. The first-order chi connectivity index (χ1) is 15.7. The number of hydrogen-bond acceptors (Lipinski definition) is 5. The molecule has 6 nitrogen and oxygen atoms in total. The Kier molecular flexibility index (Phi) is 5.89. The van der Waals surface area contributed by atoms with Crippen LogP contribution in [0.5, 0.6) is 11.5 Å². The summed E-state index contributed by atoms with van der Waals surface area (Å²) in [5.74, 6) is -0.400. The molecule has 1 aliphatic rings. The number of aryl methyl sites for hydroxylation is 1. The Morgan fingerprint density at radius 3 is 2.30 bits per heavy atom. The number of anilines is 1. The van der Waals surface area contributed by atoms with Gasteiger partial charge in [-0.3, -0.25) is 4.79 Å². The molecule has 0 N–H and O–H groups in total. The molecule has 1 aliphatic heterocycles. The van der Waals surface area contributed by atoms with Crippen LogP contribution in [0.15, 0.2) is 47.3 Å². The average molecular weight is 461 g/mol. The fourth-order valence-electron chi connectivity index (χ4n) is 4.04. The molecule has 1 aromatic heterocycles. The topological polar surface area (TPSA) is 67.5 Å². The highest BCUT2D eigenvalue weighted by Crippen LogP contribution is 2.32. The first-order valence-electron chi connectivity index (χ1n) is 10.2. The zero-order chi connectivity index (χ0) is 23.8. The van der Waals surface area contributed by atoms with Gasteiger partial charge in [0.05, 0.1) is 11.2 Å². The first-order valence-corrected chi connectivity index (χ1v) is 10.2. The van der Waals surface area contributed by atoms with Gasteiger partial charge in [-0.1, -0.05) is 0 Å². The summed E-state index contributed by atoms with van der Waals surface area (Å²) >= 11 is 0. The third kappa shape index (κ3) is 4.72. The summed E-state index contributed by atoms with van der Waals surface area (Å²) in [4.78, 5) is 14.6. The molecule has 33 heavy (non-hydrogen) atoms. The van der Waals surface area contributed by atoms with E-state index < -0.39 is 17.7 Å². The van der Waals surface area contributed by atoms with Crippen LogP contribution in [0.2, 0.25) is 0 Å². The zero-order valence-electron chi connectivity index (χ0n) is 17.5. The molecule has 2 heterocycles. The number of rotatable bonds is 4. The van der Waals surface area contributed by atoms with Gasteiger partial charge in [-0.25, -0.2) is 4.39 Å². The van der Waals surface area contributed by atoms with Crippen molar-refractivity contribution in [3.05, 3.63) is 64.2 Å². The fraction of sp³-hybridized carbons (Fsp3) is 0.304. The number of ether oxygens (including phenoxy) is 2. The second-order valence-corrected chi connectivity index (χ2v) is 7.68. The Morgan fingerprint density at radius 2 is 1.70 bits per heavy atom. The summed E-state index contributed by atoms with van der Waals surface area (Å²) in [7, 11) is 1.54. The van der Waals surface area contributed by atoms with E-state index in [0.29, 0.717) is 48.3 Å². The minimum atomic E-state index is -4.76. The summed E-state index contributed by atoms with van der Waals surface area (Å²) in [6, 6.07) is 11.2. The number of pyridine rings is 1. The largest absolute Gasteiger partial charge is 0.573 e. The van der Waals surface area contributed by atoms with Crippen LogP contribution < -0.4 is 19.9 Å². The third-order valence-electron chi connectivity index (χ3n) is 5.56. The summed E-state index contributed by atoms with van der Waals surface area (Å²) in [6.45, 7) is 0.904. The maximum absolute atomic E-state index is 14.0. The second-order valence-electron chi connectivity index (χ2n) is 7.68. The molecule has 0 unspecified atom stereocenters. The number of nitriles is 1. The minimum Gasteiger partial charge on any atom is -0.490 e. The molecule has 3 aromatic rings. The molecule has 0 atom stereocenters. The van der Waals surface area contributed by atoms with Gasteiger partial charge in [0.1, 0.15) is 35.1 Å². The number of benzene rings is 2. The molecule has 1 fully saturated rings. The molecule has 0 aliphatic carbocycles. The quantitative estimate of drug-likeness (QED) is 0.536. The van der Waals surface area contributed by atoms with Crippen LogP contribution in [0.25, 0.3) is 10.9 Å². The molecule has 2 aromatic carbocycles. The highest BCUT2D eigenvalue weighted by atomic mass is 19.4. The van der Waals surface area contributed by atoms with Crippen molar-refractivity contribution in [2.45, 2.75) is 25.3 Å². The van der Waals surface area contributed by atoms with Crippen molar-refractivity contribution >= 4 is 16.6 Å². The van der Waals surface area contributed by atoms with Crippen molar-refractivity contribution in [2.75, 3.05) is 18.0 Å². The van der Waals surface area contributed by atoms with Crippen LogP contribution in [0.1, 0.15) is 18.4 Å². The molecule has 0 radical (unpaired) electrons. The van der Waals surface area contributed by atoms with Gasteiger partial charge >= 0.3 is 6.36 Å². The number of fused-ring (bicyclic) bond motifs is 1. The van der Waals surface area contributed by atoms with Crippen molar-refractivity contribution in [3.63, 3.8) is 0 Å². The normalized spacial score (nSPS) is 14.8. The standard InChI is InChI=1S/C23H19F4N3O3/c1-29-20-7-2-14(24)12-18(20)21(19(13-28)22(29)31)30-10-8-16(9-11-30)32-15-3-5-17(6-4-15)33-23(25,26)27/h2-7,12,16H,8-11H2,1H3. The van der Waals surface area contributed by atoms with Crippen LogP contribution in [0, 0.1) is 17.1 Å². The molecule has 0 saturated carbocycles. The Balaban J connectivity index is 1.52. The van der Waals surface area contributed by atoms with E-state index in [9.17, 15) is 27.6 Å². The van der Waals surface area contributed by atoms with Crippen LogP contribution in [-0.4, -0.2) is 30.1 Å². The van der Waals surface area contributed by atoms with Gasteiger partial charge in [0.25, 0.3) is 5.56 Å². The molecule has 4 rings (SSSR count). The number of aromatic nitrogens is 1. The summed E-state index contributed by atoms with van der Waals surface area (Å²) in [5.41, 5.74) is 0.429. The van der Waals surface area contributed by atoms with Gasteiger partial charge in [-0.15, -0.1) is 13.2 Å². The maximum atomic E-state index is 14.0. The zero-order valence-corrected chi connectivity index (χ0v) is 17.5. The number of nitrogens with zero attached hydrogens (tertiary/aromatic N) is 3. The van der Waals surface area contributed by atoms with E-state index in [1.54, 1.807) is 0 Å². The Morgan fingerprint density at radius 1 is 1.06 bits per heavy atom. The number of hydrogen-bond donors (Lipinski definition) is 0. The summed E-state index contributed by atoms with van der Waals surface area (Å²) in [6.07, 6.45) is -3.89. The third-order valence-corrected chi connectivity index (χ3v) is 5.56. The lowest BCUT2D eigenvalue weighted by Crippen LogP contribution is -2.40. The smallest absolute Gasteiger partial charge is 0.490 e. The lowest BCUT2D eigenvalue weighted by molar-refractivity contribution is -0.274. The summed E-state index contributed by atoms with van der Waals surface area (Å²) < 4.78 is 61.9. The molecular formula is C23H19F4N3O3. The molecule has 0 bridgehead atoms. The molecule has 172 valence electrons. The van der Waals surface area contributed by atoms with E-state index in [-0.39, 0.29) is 17.4 Å². The van der Waals surface area contributed by atoms with E-state index >= 15 is 0 Å². The van der Waals surface area contributed by atoms with Crippen molar-refractivity contribution in [1.29, 1.82) is 5.26 Å². The van der Waals surface area contributed by atoms with E-state index in [1.807, 2.05) is 11.0 Å². The van der Waals surface area contributed by atoms with Crippen LogP contribution in [0.3, 0.4) is 0 Å². The number of piperidine rings is 1. The number of alkyl halides is 3. The van der Waals surface area contributed by atoms with Gasteiger partial charge in [-0.05, 0) is 42.5 Å². The predicted molar refractivity (Wildman–Crippen MR) is 113 cm³/mol. The molecule has 10 heteroatoms. The van der Waals surface area contributed by atoms with E-state index in [1.165, 1.54) is 54.1 Å². The minimum absolute atomic E-state index is 0.0461. The first kappa shape index (κ1) is 22.5. The highest BCUT2D eigenvalue weighted by Gasteiger charge is 2.31. The van der Waals surface area contributed by atoms with Gasteiger partial charge in [0.2, 0.25) is 0 Å². The monoisotopic (exact) mass is 461 g/mol.